The van der Waals surface area contributed by atoms with Crippen molar-refractivity contribution in [3.05, 3.63) is 30.1 Å². The van der Waals surface area contributed by atoms with Crippen LogP contribution in [0.2, 0.25) is 0 Å². The molecule has 1 aromatic carbocycles. The standard InChI is InChI=1S/C15H18N8OS2/c1-3-17-14-22-23-15(26-14)25-8-11-19-12(16)21-13(20-11)18-9-6-4-5-7-10(9)24-2/h4-7H,3,8H2,1-2H3,(H,17,22)(H3,16,18,19,20,21). The van der Waals surface area contributed by atoms with E-state index in [4.69, 9.17) is 10.5 Å². The average molecular weight is 390 g/mol. The number of nitrogen functional groups attached to an aromatic ring is 1. The Morgan fingerprint density at radius 3 is 2.85 bits per heavy atom. The van der Waals surface area contributed by atoms with Crippen LogP contribution in [-0.4, -0.2) is 38.8 Å². The van der Waals surface area contributed by atoms with Crippen LogP contribution in [-0.2, 0) is 5.75 Å². The first kappa shape index (κ1) is 18.1. The Labute approximate surface area is 158 Å². The van der Waals surface area contributed by atoms with Crippen LogP contribution < -0.4 is 21.1 Å². The van der Waals surface area contributed by atoms with Gasteiger partial charge in [-0.25, -0.2) is 0 Å². The molecule has 0 fully saturated rings. The van der Waals surface area contributed by atoms with Crippen molar-refractivity contribution in [3.63, 3.8) is 0 Å². The fourth-order valence-electron chi connectivity index (χ4n) is 2.04. The summed E-state index contributed by atoms with van der Waals surface area (Å²) in [4.78, 5) is 12.7. The summed E-state index contributed by atoms with van der Waals surface area (Å²) in [5.74, 6) is 2.27. The Morgan fingerprint density at radius 2 is 2.04 bits per heavy atom. The molecule has 0 atom stereocenters. The summed E-state index contributed by atoms with van der Waals surface area (Å²) in [6.45, 7) is 2.82. The number of aromatic nitrogens is 5. The second kappa shape index (κ2) is 8.63. The van der Waals surface area contributed by atoms with Gasteiger partial charge in [0.05, 0.1) is 18.6 Å². The van der Waals surface area contributed by atoms with E-state index in [9.17, 15) is 0 Å². The molecule has 26 heavy (non-hydrogen) atoms. The highest BCUT2D eigenvalue weighted by Gasteiger charge is 2.10. The number of methoxy groups -OCH3 is 1. The summed E-state index contributed by atoms with van der Waals surface area (Å²) in [6, 6.07) is 7.50. The van der Waals surface area contributed by atoms with E-state index in [1.807, 2.05) is 31.2 Å². The van der Waals surface area contributed by atoms with E-state index in [1.165, 1.54) is 23.1 Å². The number of anilines is 4. The van der Waals surface area contributed by atoms with Crippen molar-refractivity contribution < 1.29 is 4.74 Å². The minimum atomic E-state index is 0.151. The van der Waals surface area contributed by atoms with E-state index in [-0.39, 0.29) is 5.95 Å². The molecule has 11 heteroatoms. The zero-order chi connectivity index (χ0) is 18.4. The normalized spacial score (nSPS) is 10.5. The molecule has 0 amide bonds. The Bertz CT molecular complexity index is 872. The zero-order valence-electron chi connectivity index (χ0n) is 14.3. The molecule has 0 aliphatic rings. The van der Waals surface area contributed by atoms with Crippen LogP contribution in [0.4, 0.5) is 22.7 Å². The number of rotatable bonds is 8. The van der Waals surface area contributed by atoms with Crippen LogP contribution in [0.5, 0.6) is 5.75 Å². The molecule has 0 aliphatic carbocycles. The van der Waals surface area contributed by atoms with Crippen molar-refractivity contribution >= 4 is 45.8 Å². The third-order valence-corrected chi connectivity index (χ3v) is 5.12. The first-order valence-electron chi connectivity index (χ1n) is 7.78. The molecule has 0 aliphatic heterocycles. The number of nitrogens with one attached hydrogen (secondary N) is 2. The van der Waals surface area contributed by atoms with Gasteiger partial charge in [-0.1, -0.05) is 35.2 Å². The number of hydrogen-bond donors (Lipinski definition) is 3. The average Bonchev–Trinajstić information content (AvgIpc) is 3.08. The molecular weight excluding hydrogens is 372 g/mol. The van der Waals surface area contributed by atoms with Crippen LogP contribution in [0, 0.1) is 0 Å². The van der Waals surface area contributed by atoms with Gasteiger partial charge in [-0.15, -0.1) is 10.2 Å². The third-order valence-electron chi connectivity index (χ3n) is 3.11. The van der Waals surface area contributed by atoms with Gasteiger partial charge in [-0.2, -0.15) is 15.0 Å². The zero-order valence-corrected chi connectivity index (χ0v) is 15.9. The Hall–Kier alpha value is -2.66. The van der Waals surface area contributed by atoms with Crippen LogP contribution in [0.3, 0.4) is 0 Å². The number of ether oxygens (including phenoxy) is 1. The van der Waals surface area contributed by atoms with Gasteiger partial charge in [-0.05, 0) is 19.1 Å². The number of para-hydroxylation sites is 2. The SMILES string of the molecule is CCNc1nnc(SCc2nc(N)nc(Nc3ccccc3OC)n2)s1. The highest BCUT2D eigenvalue weighted by molar-refractivity contribution is 8.00. The molecule has 0 saturated carbocycles. The van der Waals surface area contributed by atoms with Crippen molar-refractivity contribution in [1.82, 2.24) is 25.1 Å². The number of benzene rings is 1. The quantitative estimate of drug-likeness (QED) is 0.494. The predicted octanol–water partition coefficient (Wildman–Crippen LogP) is 2.78. The lowest BCUT2D eigenvalue weighted by Crippen LogP contribution is -2.07. The van der Waals surface area contributed by atoms with Gasteiger partial charge in [0.25, 0.3) is 0 Å². The smallest absolute Gasteiger partial charge is 0.232 e. The molecular formula is C15H18N8OS2. The van der Waals surface area contributed by atoms with Gasteiger partial charge in [0.1, 0.15) is 11.6 Å². The van der Waals surface area contributed by atoms with Gasteiger partial charge >= 0.3 is 0 Å². The molecule has 0 saturated heterocycles. The number of nitrogens with two attached hydrogens (primary N) is 1. The maximum Gasteiger partial charge on any atom is 0.232 e. The lowest BCUT2D eigenvalue weighted by atomic mass is 10.3. The Balaban J connectivity index is 1.70. The molecule has 0 radical (unpaired) electrons. The molecule has 9 nitrogen and oxygen atoms in total. The van der Waals surface area contributed by atoms with Crippen molar-refractivity contribution in [2.45, 2.75) is 17.0 Å². The maximum atomic E-state index is 5.82. The summed E-state index contributed by atoms with van der Waals surface area (Å²) < 4.78 is 6.15. The monoisotopic (exact) mass is 390 g/mol. The van der Waals surface area contributed by atoms with Crippen LogP contribution in [0.1, 0.15) is 12.7 Å². The van der Waals surface area contributed by atoms with E-state index >= 15 is 0 Å². The van der Waals surface area contributed by atoms with Gasteiger partial charge in [0.2, 0.25) is 17.0 Å². The molecule has 0 unspecified atom stereocenters. The summed E-state index contributed by atoms with van der Waals surface area (Å²) in [5.41, 5.74) is 6.57. The summed E-state index contributed by atoms with van der Waals surface area (Å²) in [7, 11) is 1.61. The Morgan fingerprint density at radius 1 is 1.19 bits per heavy atom. The van der Waals surface area contributed by atoms with E-state index < -0.39 is 0 Å². The molecule has 3 rings (SSSR count). The first-order valence-corrected chi connectivity index (χ1v) is 9.58. The number of nitrogens with zero attached hydrogens (tertiary/aromatic N) is 5. The fourth-order valence-corrected chi connectivity index (χ4v) is 3.72. The molecule has 3 aromatic rings. The minimum Gasteiger partial charge on any atom is -0.495 e. The van der Waals surface area contributed by atoms with Gasteiger partial charge in [0, 0.05) is 6.54 Å². The molecule has 2 heterocycles. The largest absolute Gasteiger partial charge is 0.495 e. The summed E-state index contributed by atoms with van der Waals surface area (Å²) >= 11 is 2.98. The third kappa shape index (κ3) is 4.70. The molecule has 136 valence electrons. The molecule has 0 spiro atoms. The van der Waals surface area contributed by atoms with Crippen LogP contribution >= 0.6 is 23.1 Å². The topological polar surface area (TPSA) is 124 Å². The van der Waals surface area contributed by atoms with Gasteiger partial charge in [0.15, 0.2) is 4.34 Å². The van der Waals surface area contributed by atoms with Crippen molar-refractivity contribution in [1.29, 1.82) is 0 Å². The van der Waals surface area contributed by atoms with E-state index in [2.05, 4.69) is 35.8 Å². The van der Waals surface area contributed by atoms with Gasteiger partial charge < -0.3 is 21.1 Å². The van der Waals surface area contributed by atoms with E-state index in [0.29, 0.717) is 23.3 Å². The van der Waals surface area contributed by atoms with E-state index in [1.54, 1.807) is 7.11 Å². The summed E-state index contributed by atoms with van der Waals surface area (Å²) in [6.07, 6.45) is 0. The van der Waals surface area contributed by atoms with Crippen molar-refractivity contribution in [2.75, 3.05) is 30.0 Å². The second-order valence-electron chi connectivity index (χ2n) is 4.95. The fraction of sp³-hybridized carbons (Fsp3) is 0.267. The van der Waals surface area contributed by atoms with Crippen LogP contribution in [0.15, 0.2) is 28.6 Å². The molecule has 0 bridgehead atoms. The number of thioether (sulfide) groups is 1. The number of hydrogen-bond acceptors (Lipinski definition) is 11. The second-order valence-corrected chi connectivity index (χ2v) is 7.15. The lowest BCUT2D eigenvalue weighted by Gasteiger charge is -2.10. The van der Waals surface area contributed by atoms with E-state index in [0.717, 1.165) is 21.7 Å². The lowest BCUT2D eigenvalue weighted by molar-refractivity contribution is 0.417. The van der Waals surface area contributed by atoms with Gasteiger partial charge in [-0.3, -0.25) is 0 Å². The predicted molar refractivity (Wildman–Crippen MR) is 104 cm³/mol. The minimum absolute atomic E-state index is 0.151. The molecule has 2 aromatic heterocycles. The van der Waals surface area contributed by atoms with Crippen molar-refractivity contribution in [2.24, 2.45) is 0 Å². The summed E-state index contributed by atoms with van der Waals surface area (Å²) in [5, 5.41) is 15.2. The Kier molecular flexibility index (Phi) is 6.02. The first-order chi connectivity index (χ1) is 12.7. The van der Waals surface area contributed by atoms with Crippen molar-refractivity contribution in [3.8, 4) is 5.75 Å². The van der Waals surface area contributed by atoms with Crippen LogP contribution in [0.25, 0.3) is 0 Å². The maximum absolute atomic E-state index is 5.82. The molecule has 4 N–H and O–H groups in total. The highest BCUT2D eigenvalue weighted by Crippen LogP contribution is 2.29. The highest BCUT2D eigenvalue weighted by atomic mass is 32.2.